The van der Waals surface area contributed by atoms with E-state index in [9.17, 15) is 13.2 Å². The van der Waals surface area contributed by atoms with Gasteiger partial charge in [-0.3, -0.25) is 4.79 Å². The molecule has 0 aromatic heterocycles. The molecule has 1 aromatic carbocycles. The van der Waals surface area contributed by atoms with Crippen LogP contribution in [0.1, 0.15) is 5.56 Å². The topological polar surface area (TPSA) is 101 Å². The van der Waals surface area contributed by atoms with Crippen molar-refractivity contribution >= 4 is 33.1 Å². The van der Waals surface area contributed by atoms with Crippen LogP contribution >= 0.6 is 12.2 Å². The molecule has 1 aromatic rings. The van der Waals surface area contributed by atoms with Crippen molar-refractivity contribution in [2.24, 2.45) is 11.7 Å². The average molecular weight is 329 g/mol. The molecule has 0 bridgehead atoms. The second-order valence-corrected chi connectivity index (χ2v) is 6.91. The smallest absolute Gasteiger partial charge is 0.230 e. The van der Waals surface area contributed by atoms with E-state index in [-0.39, 0.29) is 24.0 Å². The molecule has 0 fully saturated rings. The van der Waals surface area contributed by atoms with Gasteiger partial charge in [0.15, 0.2) is 0 Å². The van der Waals surface area contributed by atoms with Gasteiger partial charge in [0.2, 0.25) is 15.9 Å². The molecule has 0 radical (unpaired) electrons. The molecule has 1 rings (SSSR count). The van der Waals surface area contributed by atoms with Gasteiger partial charge in [-0.2, -0.15) is 0 Å². The second-order valence-electron chi connectivity index (χ2n) is 4.60. The van der Waals surface area contributed by atoms with E-state index in [0.717, 1.165) is 11.8 Å². The summed E-state index contributed by atoms with van der Waals surface area (Å²) in [6, 6.07) is 9.42. The molecular weight excluding hydrogens is 310 g/mol. The Hall–Kier alpha value is -1.51. The van der Waals surface area contributed by atoms with E-state index >= 15 is 0 Å². The molecule has 1 amide bonds. The third kappa shape index (κ3) is 7.16. The van der Waals surface area contributed by atoms with Crippen molar-refractivity contribution in [2.45, 2.75) is 6.42 Å². The summed E-state index contributed by atoms with van der Waals surface area (Å²) in [5.41, 5.74) is 6.58. The summed E-state index contributed by atoms with van der Waals surface area (Å²) < 4.78 is 24.1. The third-order valence-electron chi connectivity index (χ3n) is 2.73. The highest BCUT2D eigenvalue weighted by Gasteiger charge is 2.21. The van der Waals surface area contributed by atoms with Gasteiger partial charge in [-0.15, -0.1) is 0 Å². The van der Waals surface area contributed by atoms with Gasteiger partial charge < -0.3 is 11.1 Å². The third-order valence-corrected chi connectivity index (χ3v) is 3.74. The second kappa shape index (κ2) is 8.06. The Labute approximate surface area is 130 Å². The number of amides is 1. The fraction of sp³-hybridized carbons (Fsp3) is 0.385. The average Bonchev–Trinajstić information content (AvgIpc) is 2.40. The minimum atomic E-state index is -3.26. The molecular formula is C13H19N3O3S2. The summed E-state index contributed by atoms with van der Waals surface area (Å²) in [7, 11) is -3.26. The fourth-order valence-electron chi connectivity index (χ4n) is 1.72. The van der Waals surface area contributed by atoms with E-state index in [2.05, 4.69) is 10.0 Å². The van der Waals surface area contributed by atoms with E-state index in [1.807, 2.05) is 30.3 Å². The number of rotatable bonds is 8. The Morgan fingerprint density at radius 3 is 2.43 bits per heavy atom. The molecule has 4 N–H and O–H groups in total. The molecule has 0 aliphatic carbocycles. The van der Waals surface area contributed by atoms with Crippen LogP contribution in [0.15, 0.2) is 30.3 Å². The van der Waals surface area contributed by atoms with Crippen LogP contribution in [-0.4, -0.2) is 38.7 Å². The number of nitrogens with two attached hydrogens (primary N) is 1. The van der Waals surface area contributed by atoms with Crippen molar-refractivity contribution in [1.29, 1.82) is 0 Å². The maximum absolute atomic E-state index is 12.1. The summed E-state index contributed by atoms with van der Waals surface area (Å²) in [5.74, 6) is -0.915. The molecule has 6 nitrogen and oxygen atoms in total. The minimum absolute atomic E-state index is 0.118. The predicted octanol–water partition coefficient (Wildman–Crippen LogP) is -0.203. The number of carbonyl (C=O) groups is 1. The number of nitrogens with one attached hydrogen (secondary N) is 2. The van der Waals surface area contributed by atoms with Crippen molar-refractivity contribution < 1.29 is 13.2 Å². The van der Waals surface area contributed by atoms with Crippen LogP contribution in [0.2, 0.25) is 0 Å². The Bertz CT molecular complexity index is 588. The zero-order valence-electron chi connectivity index (χ0n) is 11.7. The highest BCUT2D eigenvalue weighted by Crippen LogP contribution is 2.09. The molecule has 0 saturated carbocycles. The number of sulfonamides is 1. The van der Waals surface area contributed by atoms with Crippen LogP contribution in [0.5, 0.6) is 0 Å². The lowest BCUT2D eigenvalue weighted by atomic mass is 9.98. The highest BCUT2D eigenvalue weighted by molar-refractivity contribution is 7.88. The van der Waals surface area contributed by atoms with Gasteiger partial charge in [0.05, 0.1) is 17.2 Å². The van der Waals surface area contributed by atoms with Gasteiger partial charge in [-0.05, 0) is 12.0 Å². The van der Waals surface area contributed by atoms with Crippen molar-refractivity contribution in [3.8, 4) is 0 Å². The zero-order valence-corrected chi connectivity index (χ0v) is 13.3. The Balaban J connectivity index is 2.52. The predicted molar refractivity (Wildman–Crippen MR) is 86.3 cm³/mol. The van der Waals surface area contributed by atoms with Gasteiger partial charge in [0, 0.05) is 13.1 Å². The summed E-state index contributed by atoms with van der Waals surface area (Å²) in [4.78, 5) is 12.2. The van der Waals surface area contributed by atoms with Crippen LogP contribution in [0, 0.1) is 5.92 Å². The Morgan fingerprint density at radius 2 is 1.90 bits per heavy atom. The fourth-order valence-corrected chi connectivity index (χ4v) is 2.38. The van der Waals surface area contributed by atoms with Crippen molar-refractivity contribution in [1.82, 2.24) is 10.0 Å². The first-order valence-corrected chi connectivity index (χ1v) is 8.65. The molecule has 0 aliphatic heterocycles. The van der Waals surface area contributed by atoms with Crippen LogP contribution in [-0.2, 0) is 21.2 Å². The molecule has 8 heteroatoms. The van der Waals surface area contributed by atoms with Gasteiger partial charge >= 0.3 is 0 Å². The number of hydrogen-bond acceptors (Lipinski definition) is 4. The lowest BCUT2D eigenvalue weighted by Crippen LogP contribution is -2.42. The van der Waals surface area contributed by atoms with E-state index in [1.165, 1.54) is 0 Å². The van der Waals surface area contributed by atoms with Gasteiger partial charge in [0.25, 0.3) is 0 Å². The number of hydrogen-bond donors (Lipinski definition) is 3. The Morgan fingerprint density at radius 1 is 1.29 bits per heavy atom. The maximum Gasteiger partial charge on any atom is 0.230 e. The van der Waals surface area contributed by atoms with Gasteiger partial charge in [0.1, 0.15) is 0 Å². The molecule has 0 aliphatic rings. The quantitative estimate of drug-likeness (QED) is 0.453. The lowest BCUT2D eigenvalue weighted by Gasteiger charge is -2.15. The molecule has 116 valence electrons. The highest BCUT2D eigenvalue weighted by atomic mass is 32.2. The molecule has 0 saturated heterocycles. The van der Waals surface area contributed by atoms with E-state index in [0.29, 0.717) is 6.42 Å². The standard InChI is InChI=1S/C13H19N3O3S2/c1-21(18,19)16-8-7-15-13(17)11(12(14)20)9-10-5-3-2-4-6-10/h2-6,11,16H,7-9H2,1H3,(H2,14,20)(H,15,17). The zero-order chi connectivity index (χ0) is 15.9. The summed E-state index contributed by atoms with van der Waals surface area (Å²) in [6.07, 6.45) is 1.48. The van der Waals surface area contributed by atoms with E-state index in [4.69, 9.17) is 18.0 Å². The van der Waals surface area contributed by atoms with Crippen LogP contribution in [0.3, 0.4) is 0 Å². The molecule has 0 spiro atoms. The molecule has 1 unspecified atom stereocenters. The van der Waals surface area contributed by atoms with Crippen molar-refractivity contribution in [3.63, 3.8) is 0 Å². The molecule has 0 heterocycles. The number of thiocarbonyl (C=S) groups is 1. The van der Waals surface area contributed by atoms with Crippen LogP contribution in [0.25, 0.3) is 0 Å². The van der Waals surface area contributed by atoms with Crippen molar-refractivity contribution in [3.05, 3.63) is 35.9 Å². The maximum atomic E-state index is 12.1. The summed E-state index contributed by atoms with van der Waals surface area (Å²) in [6.45, 7) is 0.305. The van der Waals surface area contributed by atoms with E-state index in [1.54, 1.807) is 0 Å². The van der Waals surface area contributed by atoms with Gasteiger partial charge in [-0.25, -0.2) is 13.1 Å². The first-order chi connectivity index (χ1) is 9.79. The lowest BCUT2D eigenvalue weighted by molar-refractivity contribution is -0.122. The normalized spacial score (nSPS) is 12.6. The minimum Gasteiger partial charge on any atom is -0.393 e. The summed E-state index contributed by atoms with van der Waals surface area (Å²) >= 11 is 4.94. The first kappa shape index (κ1) is 17.5. The molecule has 1 atom stereocenters. The van der Waals surface area contributed by atoms with Crippen molar-refractivity contribution in [2.75, 3.05) is 19.3 Å². The van der Waals surface area contributed by atoms with Crippen LogP contribution in [0.4, 0.5) is 0 Å². The number of benzene rings is 1. The SMILES string of the molecule is CS(=O)(=O)NCCNC(=O)C(Cc1ccccc1)C(N)=S. The summed E-state index contributed by atoms with van der Waals surface area (Å²) in [5, 5.41) is 2.62. The van der Waals surface area contributed by atoms with Crippen LogP contribution < -0.4 is 15.8 Å². The largest absolute Gasteiger partial charge is 0.393 e. The number of carbonyl (C=O) groups excluding carboxylic acids is 1. The van der Waals surface area contributed by atoms with Gasteiger partial charge in [-0.1, -0.05) is 42.5 Å². The first-order valence-electron chi connectivity index (χ1n) is 6.35. The van der Waals surface area contributed by atoms with E-state index < -0.39 is 15.9 Å². The Kier molecular flexibility index (Phi) is 6.73. The molecule has 21 heavy (non-hydrogen) atoms. The monoisotopic (exact) mass is 329 g/mol.